The van der Waals surface area contributed by atoms with E-state index in [-0.39, 0.29) is 0 Å². The van der Waals surface area contributed by atoms with Crippen molar-refractivity contribution in [1.29, 1.82) is 0 Å². The van der Waals surface area contributed by atoms with Crippen LogP contribution in [0.4, 0.5) is 0 Å². The van der Waals surface area contributed by atoms with E-state index in [0.717, 1.165) is 64.5 Å². The second-order valence-corrected chi connectivity index (χ2v) is 7.55. The molecule has 0 saturated carbocycles. The van der Waals surface area contributed by atoms with E-state index in [4.69, 9.17) is 0 Å². The van der Waals surface area contributed by atoms with Crippen molar-refractivity contribution in [3.05, 3.63) is 35.9 Å². The van der Waals surface area contributed by atoms with Gasteiger partial charge in [-0.05, 0) is 51.4 Å². The van der Waals surface area contributed by atoms with E-state index in [1.807, 2.05) is 7.05 Å². The van der Waals surface area contributed by atoms with Crippen molar-refractivity contribution in [1.82, 2.24) is 20.4 Å². The molecule has 1 aliphatic rings. The third-order valence-electron chi connectivity index (χ3n) is 5.64. The summed E-state index contributed by atoms with van der Waals surface area (Å²) >= 11 is 0. The van der Waals surface area contributed by atoms with Crippen LogP contribution in [-0.4, -0.2) is 67.6 Å². The first-order valence-electron chi connectivity index (χ1n) is 10.6. The van der Waals surface area contributed by atoms with Gasteiger partial charge in [-0.2, -0.15) is 0 Å². The van der Waals surface area contributed by atoms with Gasteiger partial charge in [0.1, 0.15) is 0 Å². The number of nitrogens with zero attached hydrogens (tertiary/aromatic N) is 3. The molecule has 1 aliphatic heterocycles. The van der Waals surface area contributed by atoms with Crippen molar-refractivity contribution >= 4 is 5.96 Å². The molecule has 0 aromatic heterocycles. The number of rotatable bonds is 9. The Morgan fingerprint density at radius 3 is 2.59 bits per heavy atom. The summed E-state index contributed by atoms with van der Waals surface area (Å²) in [5.74, 6) is 0.947. The smallest absolute Gasteiger partial charge is 0.191 e. The number of likely N-dealkylation sites (tertiary alicyclic amines) is 1. The molecular weight excluding hydrogens is 334 g/mol. The van der Waals surface area contributed by atoms with Gasteiger partial charge >= 0.3 is 0 Å². The van der Waals surface area contributed by atoms with Crippen LogP contribution in [0.5, 0.6) is 0 Å². The van der Waals surface area contributed by atoms with Gasteiger partial charge in [0, 0.05) is 38.8 Å². The lowest BCUT2D eigenvalue weighted by Crippen LogP contribution is -2.51. The molecule has 0 amide bonds. The average Bonchev–Trinajstić information content (AvgIpc) is 2.70. The quantitative estimate of drug-likeness (QED) is 0.397. The van der Waals surface area contributed by atoms with E-state index in [9.17, 15) is 0 Å². The maximum absolute atomic E-state index is 4.42. The fraction of sp³-hybridized carbons (Fsp3) is 0.682. The van der Waals surface area contributed by atoms with Crippen LogP contribution in [0.1, 0.15) is 45.6 Å². The molecular formula is C22H39N5. The summed E-state index contributed by atoms with van der Waals surface area (Å²) in [4.78, 5) is 9.47. The third-order valence-corrected chi connectivity index (χ3v) is 5.64. The topological polar surface area (TPSA) is 42.9 Å². The van der Waals surface area contributed by atoms with Crippen molar-refractivity contribution in [2.45, 2.75) is 58.7 Å². The number of nitrogens with one attached hydrogen (secondary N) is 2. The monoisotopic (exact) mass is 373 g/mol. The molecule has 0 aliphatic carbocycles. The summed E-state index contributed by atoms with van der Waals surface area (Å²) in [7, 11) is 1.87. The summed E-state index contributed by atoms with van der Waals surface area (Å²) in [5, 5.41) is 7.12. The van der Waals surface area contributed by atoms with Crippen molar-refractivity contribution in [3.63, 3.8) is 0 Å². The van der Waals surface area contributed by atoms with E-state index in [1.165, 1.54) is 5.56 Å². The lowest BCUT2D eigenvalue weighted by atomic mass is 9.97. The Kier molecular flexibility index (Phi) is 9.64. The Morgan fingerprint density at radius 2 is 1.96 bits per heavy atom. The Balaban J connectivity index is 1.71. The zero-order valence-corrected chi connectivity index (χ0v) is 17.7. The highest BCUT2D eigenvalue weighted by molar-refractivity contribution is 5.79. The van der Waals surface area contributed by atoms with E-state index in [2.05, 4.69) is 76.5 Å². The fourth-order valence-corrected chi connectivity index (χ4v) is 3.84. The molecule has 27 heavy (non-hydrogen) atoms. The number of hydrogen-bond donors (Lipinski definition) is 2. The van der Waals surface area contributed by atoms with E-state index in [1.54, 1.807) is 0 Å². The maximum Gasteiger partial charge on any atom is 0.191 e. The molecule has 1 aromatic carbocycles. The van der Waals surface area contributed by atoms with Gasteiger partial charge < -0.3 is 15.5 Å². The Bertz CT molecular complexity index is 541. The molecule has 2 rings (SSSR count). The number of hydrogen-bond acceptors (Lipinski definition) is 3. The first kappa shape index (κ1) is 21.7. The van der Waals surface area contributed by atoms with Crippen LogP contribution in [0, 0.1) is 0 Å². The van der Waals surface area contributed by atoms with Crippen LogP contribution < -0.4 is 10.6 Å². The first-order chi connectivity index (χ1) is 13.2. The van der Waals surface area contributed by atoms with E-state index >= 15 is 0 Å². The van der Waals surface area contributed by atoms with Gasteiger partial charge in [0.15, 0.2) is 5.96 Å². The fourth-order valence-electron chi connectivity index (χ4n) is 3.84. The molecule has 0 bridgehead atoms. The van der Waals surface area contributed by atoms with Gasteiger partial charge in [0.2, 0.25) is 0 Å². The summed E-state index contributed by atoms with van der Waals surface area (Å²) < 4.78 is 0. The van der Waals surface area contributed by atoms with Crippen molar-refractivity contribution < 1.29 is 0 Å². The molecule has 2 atom stereocenters. The largest absolute Gasteiger partial charge is 0.356 e. The van der Waals surface area contributed by atoms with Gasteiger partial charge in [-0.1, -0.05) is 44.2 Å². The molecule has 1 aromatic rings. The maximum atomic E-state index is 4.42. The minimum Gasteiger partial charge on any atom is -0.356 e. The molecule has 2 N–H and O–H groups in total. The highest BCUT2D eigenvalue weighted by Gasteiger charge is 2.25. The van der Waals surface area contributed by atoms with Crippen LogP contribution in [0.25, 0.3) is 0 Å². The van der Waals surface area contributed by atoms with Crippen molar-refractivity contribution in [2.75, 3.05) is 39.8 Å². The Hall–Kier alpha value is -1.59. The van der Waals surface area contributed by atoms with Gasteiger partial charge in [0.25, 0.3) is 0 Å². The normalized spacial score (nSPS) is 21.4. The zero-order valence-electron chi connectivity index (χ0n) is 17.7. The summed E-state index contributed by atoms with van der Waals surface area (Å²) in [6.45, 7) is 13.3. The van der Waals surface area contributed by atoms with Crippen LogP contribution in [0.2, 0.25) is 0 Å². The van der Waals surface area contributed by atoms with Crippen molar-refractivity contribution in [2.24, 2.45) is 4.99 Å². The summed E-state index contributed by atoms with van der Waals surface area (Å²) in [6, 6.07) is 11.9. The SMILES string of the molecule is CCN(CC)CCCNC(=NC)NC1CCN(Cc2ccccc2)C(C)C1. The van der Waals surface area contributed by atoms with E-state index < -0.39 is 0 Å². The first-order valence-corrected chi connectivity index (χ1v) is 10.6. The number of piperidine rings is 1. The van der Waals surface area contributed by atoms with Crippen molar-refractivity contribution in [3.8, 4) is 0 Å². The van der Waals surface area contributed by atoms with Crippen LogP contribution in [0.3, 0.4) is 0 Å². The average molecular weight is 374 g/mol. The lowest BCUT2D eigenvalue weighted by Gasteiger charge is -2.38. The number of aliphatic imine (C=N–C) groups is 1. The zero-order chi connectivity index (χ0) is 19.5. The molecule has 2 unspecified atom stereocenters. The molecule has 5 heteroatoms. The molecule has 1 fully saturated rings. The Labute approximate surface area is 166 Å². The van der Waals surface area contributed by atoms with Crippen LogP contribution in [0.15, 0.2) is 35.3 Å². The molecule has 0 radical (unpaired) electrons. The molecule has 152 valence electrons. The molecule has 5 nitrogen and oxygen atoms in total. The predicted molar refractivity (Wildman–Crippen MR) is 116 cm³/mol. The minimum atomic E-state index is 0.501. The van der Waals surface area contributed by atoms with Crippen LogP contribution >= 0.6 is 0 Å². The number of benzene rings is 1. The molecule has 1 heterocycles. The highest BCUT2D eigenvalue weighted by Crippen LogP contribution is 2.19. The minimum absolute atomic E-state index is 0.501. The molecule has 0 spiro atoms. The standard InChI is InChI=1S/C22H39N5/c1-5-26(6-2)15-10-14-24-22(23-4)25-21-13-16-27(19(3)17-21)18-20-11-8-7-9-12-20/h7-9,11-12,19,21H,5-6,10,13-18H2,1-4H3,(H2,23,24,25). The van der Waals surface area contributed by atoms with E-state index in [0.29, 0.717) is 12.1 Å². The summed E-state index contributed by atoms with van der Waals surface area (Å²) in [5.41, 5.74) is 1.40. The van der Waals surface area contributed by atoms with Gasteiger partial charge in [0.05, 0.1) is 0 Å². The van der Waals surface area contributed by atoms with Gasteiger partial charge in [-0.15, -0.1) is 0 Å². The second kappa shape index (κ2) is 12.0. The third kappa shape index (κ3) is 7.51. The van der Waals surface area contributed by atoms with Gasteiger partial charge in [-0.25, -0.2) is 0 Å². The Morgan fingerprint density at radius 1 is 1.22 bits per heavy atom. The summed E-state index contributed by atoms with van der Waals surface area (Å²) in [6.07, 6.45) is 3.47. The lowest BCUT2D eigenvalue weighted by molar-refractivity contribution is 0.134. The predicted octanol–water partition coefficient (Wildman–Crippen LogP) is 2.94. The van der Waals surface area contributed by atoms with Gasteiger partial charge in [-0.3, -0.25) is 9.89 Å². The highest BCUT2D eigenvalue weighted by atomic mass is 15.2. The number of guanidine groups is 1. The second-order valence-electron chi connectivity index (χ2n) is 7.55. The molecule has 1 saturated heterocycles. The van der Waals surface area contributed by atoms with Crippen LogP contribution in [-0.2, 0) is 6.54 Å².